The maximum absolute atomic E-state index is 10.8. The van der Waals surface area contributed by atoms with Gasteiger partial charge in [-0.15, -0.1) is 0 Å². The maximum Gasteiger partial charge on any atom is 0.371 e. The van der Waals surface area contributed by atoms with Crippen molar-refractivity contribution in [3.05, 3.63) is 35.6 Å². The Morgan fingerprint density at radius 3 is 2.73 bits per heavy atom. The molecule has 0 fully saturated rings. The molecule has 1 heterocycles. The highest BCUT2D eigenvalue weighted by molar-refractivity contribution is 5.92. The van der Waals surface area contributed by atoms with Crippen LogP contribution in [-0.4, -0.2) is 11.1 Å². The normalized spacial score (nSPS) is 11.1. The van der Waals surface area contributed by atoms with E-state index < -0.39 is 5.97 Å². The van der Waals surface area contributed by atoms with Crippen LogP contribution >= 0.6 is 0 Å². The van der Waals surface area contributed by atoms with Crippen molar-refractivity contribution in [3.63, 3.8) is 0 Å². The van der Waals surface area contributed by atoms with Crippen molar-refractivity contribution in [1.82, 2.24) is 0 Å². The molecule has 0 radical (unpaired) electrons. The third-order valence-corrected chi connectivity index (χ3v) is 2.41. The van der Waals surface area contributed by atoms with Crippen LogP contribution in [0.5, 0.6) is 0 Å². The number of carbonyl (C=O) groups is 1. The van der Waals surface area contributed by atoms with Gasteiger partial charge in [0.15, 0.2) is 0 Å². The van der Waals surface area contributed by atoms with Gasteiger partial charge in [0.25, 0.3) is 0 Å². The fourth-order valence-electron chi connectivity index (χ4n) is 1.65. The number of para-hydroxylation sites is 1. The Balaban J connectivity index is 2.69. The lowest BCUT2D eigenvalue weighted by Gasteiger charge is -2.04. The summed E-state index contributed by atoms with van der Waals surface area (Å²) in [6.45, 7) is 4.11. The van der Waals surface area contributed by atoms with E-state index in [1.165, 1.54) is 0 Å². The van der Waals surface area contributed by atoms with E-state index in [0.29, 0.717) is 11.5 Å². The predicted octanol–water partition coefficient (Wildman–Crippen LogP) is 3.25. The quantitative estimate of drug-likeness (QED) is 0.816. The van der Waals surface area contributed by atoms with Gasteiger partial charge in [-0.3, -0.25) is 0 Å². The molecular formula is C12H12O3. The molecule has 0 atom stereocenters. The Morgan fingerprint density at radius 1 is 1.40 bits per heavy atom. The van der Waals surface area contributed by atoms with Crippen molar-refractivity contribution in [2.45, 2.75) is 19.8 Å². The largest absolute Gasteiger partial charge is 0.475 e. The number of benzene rings is 1. The third-order valence-electron chi connectivity index (χ3n) is 2.41. The Morgan fingerprint density at radius 2 is 2.13 bits per heavy atom. The summed E-state index contributed by atoms with van der Waals surface area (Å²) < 4.78 is 5.32. The van der Waals surface area contributed by atoms with E-state index in [1.54, 1.807) is 6.07 Å². The van der Waals surface area contributed by atoms with Gasteiger partial charge in [-0.2, -0.15) is 0 Å². The number of aromatic carboxylic acids is 1. The second-order valence-corrected chi connectivity index (χ2v) is 3.84. The van der Waals surface area contributed by atoms with Crippen molar-refractivity contribution >= 4 is 16.9 Å². The molecule has 0 amide bonds. The van der Waals surface area contributed by atoms with E-state index in [1.807, 2.05) is 18.2 Å². The average Bonchev–Trinajstić information content (AvgIpc) is 2.60. The van der Waals surface area contributed by atoms with Gasteiger partial charge in [-0.05, 0) is 17.5 Å². The molecule has 15 heavy (non-hydrogen) atoms. The van der Waals surface area contributed by atoms with Crippen LogP contribution in [0.4, 0.5) is 0 Å². The van der Waals surface area contributed by atoms with Crippen molar-refractivity contribution in [3.8, 4) is 0 Å². The summed E-state index contributed by atoms with van der Waals surface area (Å²) in [6, 6.07) is 7.29. The molecule has 1 N–H and O–H groups in total. The second kappa shape index (κ2) is 3.42. The monoisotopic (exact) mass is 204 g/mol. The molecule has 0 unspecified atom stereocenters. The SMILES string of the molecule is CC(C)c1cccc2cc(C(=O)O)oc12. The van der Waals surface area contributed by atoms with Crippen LogP contribution in [-0.2, 0) is 0 Å². The fraction of sp³-hybridized carbons (Fsp3) is 0.250. The number of furan rings is 1. The Hall–Kier alpha value is -1.77. The van der Waals surface area contributed by atoms with Crippen LogP contribution in [0.2, 0.25) is 0 Å². The van der Waals surface area contributed by atoms with E-state index in [2.05, 4.69) is 13.8 Å². The highest BCUT2D eigenvalue weighted by Crippen LogP contribution is 2.27. The summed E-state index contributed by atoms with van der Waals surface area (Å²) in [7, 11) is 0. The van der Waals surface area contributed by atoms with Crippen molar-refractivity contribution < 1.29 is 14.3 Å². The number of hydrogen-bond donors (Lipinski definition) is 1. The molecule has 0 saturated carbocycles. The lowest BCUT2D eigenvalue weighted by molar-refractivity contribution is 0.0665. The minimum atomic E-state index is -1.03. The number of hydrogen-bond acceptors (Lipinski definition) is 2. The van der Waals surface area contributed by atoms with Crippen molar-refractivity contribution in [1.29, 1.82) is 0 Å². The summed E-state index contributed by atoms with van der Waals surface area (Å²) in [5.41, 5.74) is 1.73. The van der Waals surface area contributed by atoms with E-state index in [4.69, 9.17) is 9.52 Å². The molecule has 0 aliphatic heterocycles. The first-order valence-corrected chi connectivity index (χ1v) is 4.85. The highest BCUT2D eigenvalue weighted by Gasteiger charge is 2.14. The Labute approximate surface area is 87.3 Å². The zero-order valence-electron chi connectivity index (χ0n) is 8.65. The molecule has 0 saturated heterocycles. The average molecular weight is 204 g/mol. The first kappa shape index (κ1) is 9.77. The summed E-state index contributed by atoms with van der Waals surface area (Å²) in [4.78, 5) is 10.8. The molecule has 3 heteroatoms. The Kier molecular flexibility index (Phi) is 2.23. The molecule has 0 aliphatic carbocycles. The number of carboxylic acid groups (broad SMARTS) is 1. The molecule has 1 aromatic carbocycles. The number of rotatable bonds is 2. The lowest BCUT2D eigenvalue weighted by atomic mass is 10.0. The standard InChI is InChI=1S/C12H12O3/c1-7(2)9-5-3-4-8-6-10(12(13)14)15-11(8)9/h3-7H,1-2H3,(H,13,14). The first-order valence-electron chi connectivity index (χ1n) is 4.85. The van der Waals surface area contributed by atoms with Crippen molar-refractivity contribution in [2.75, 3.05) is 0 Å². The number of carboxylic acids is 1. The molecule has 2 aromatic rings. The minimum absolute atomic E-state index is 0.00176. The minimum Gasteiger partial charge on any atom is -0.475 e. The van der Waals surface area contributed by atoms with E-state index in [-0.39, 0.29) is 5.76 Å². The van der Waals surface area contributed by atoms with Crippen molar-refractivity contribution in [2.24, 2.45) is 0 Å². The fourth-order valence-corrected chi connectivity index (χ4v) is 1.65. The van der Waals surface area contributed by atoms with Gasteiger partial charge in [0.2, 0.25) is 5.76 Å². The van der Waals surface area contributed by atoms with Crippen LogP contribution in [0.25, 0.3) is 11.0 Å². The maximum atomic E-state index is 10.8. The second-order valence-electron chi connectivity index (χ2n) is 3.84. The molecule has 0 bridgehead atoms. The van der Waals surface area contributed by atoms with E-state index >= 15 is 0 Å². The molecule has 2 rings (SSSR count). The van der Waals surface area contributed by atoms with Gasteiger partial charge >= 0.3 is 5.97 Å². The van der Waals surface area contributed by atoms with Gasteiger partial charge < -0.3 is 9.52 Å². The van der Waals surface area contributed by atoms with Gasteiger partial charge in [0.1, 0.15) is 5.58 Å². The zero-order valence-corrected chi connectivity index (χ0v) is 8.65. The molecule has 0 aliphatic rings. The predicted molar refractivity (Wildman–Crippen MR) is 57.3 cm³/mol. The molecular weight excluding hydrogens is 192 g/mol. The van der Waals surface area contributed by atoms with Crippen LogP contribution in [0.15, 0.2) is 28.7 Å². The van der Waals surface area contributed by atoms with Crippen LogP contribution in [0.1, 0.15) is 35.9 Å². The third kappa shape index (κ3) is 1.61. The highest BCUT2D eigenvalue weighted by atomic mass is 16.4. The zero-order chi connectivity index (χ0) is 11.0. The van der Waals surface area contributed by atoms with Crippen LogP contribution in [0, 0.1) is 0 Å². The summed E-state index contributed by atoms with van der Waals surface area (Å²) >= 11 is 0. The van der Waals surface area contributed by atoms with E-state index in [9.17, 15) is 4.79 Å². The molecule has 1 aromatic heterocycles. The number of fused-ring (bicyclic) bond motifs is 1. The van der Waals surface area contributed by atoms with E-state index in [0.717, 1.165) is 10.9 Å². The van der Waals surface area contributed by atoms with Crippen LogP contribution in [0.3, 0.4) is 0 Å². The first-order chi connectivity index (χ1) is 7.09. The lowest BCUT2D eigenvalue weighted by Crippen LogP contribution is -1.91. The van der Waals surface area contributed by atoms with Gasteiger partial charge in [0.05, 0.1) is 0 Å². The van der Waals surface area contributed by atoms with Gasteiger partial charge in [-0.25, -0.2) is 4.79 Å². The topological polar surface area (TPSA) is 50.4 Å². The van der Waals surface area contributed by atoms with Gasteiger partial charge in [-0.1, -0.05) is 32.0 Å². The molecule has 3 nitrogen and oxygen atoms in total. The summed E-state index contributed by atoms with van der Waals surface area (Å²) in [5, 5.41) is 9.67. The van der Waals surface area contributed by atoms with Crippen LogP contribution < -0.4 is 0 Å². The van der Waals surface area contributed by atoms with Gasteiger partial charge in [0, 0.05) is 5.39 Å². The smallest absolute Gasteiger partial charge is 0.371 e. The molecule has 78 valence electrons. The summed E-state index contributed by atoms with van der Waals surface area (Å²) in [6.07, 6.45) is 0. The Bertz CT molecular complexity index is 509. The summed E-state index contributed by atoms with van der Waals surface area (Å²) in [5.74, 6) is -0.708. The molecule has 0 spiro atoms.